The van der Waals surface area contributed by atoms with Crippen molar-refractivity contribution in [1.82, 2.24) is 30.5 Å². The Morgan fingerprint density at radius 1 is 1.32 bits per heavy atom. The van der Waals surface area contributed by atoms with Crippen molar-refractivity contribution in [1.29, 1.82) is 0 Å². The molecule has 22 heavy (non-hydrogen) atoms. The number of rotatable bonds is 4. The number of aromatic nitrogens is 5. The van der Waals surface area contributed by atoms with Crippen LogP contribution in [0.3, 0.4) is 0 Å². The van der Waals surface area contributed by atoms with Crippen molar-refractivity contribution >= 4 is 34.1 Å². The highest BCUT2D eigenvalue weighted by molar-refractivity contribution is 7.11. The van der Waals surface area contributed by atoms with Gasteiger partial charge in [0.1, 0.15) is 15.5 Å². The van der Waals surface area contributed by atoms with Gasteiger partial charge in [-0.25, -0.2) is 9.48 Å². The lowest BCUT2D eigenvalue weighted by atomic mass is 10.3. The highest BCUT2D eigenvalue weighted by Crippen LogP contribution is 2.16. The van der Waals surface area contributed by atoms with Gasteiger partial charge in [0, 0.05) is 25.7 Å². The minimum atomic E-state index is -0.260. The predicted molar refractivity (Wildman–Crippen MR) is 83.9 cm³/mol. The van der Waals surface area contributed by atoms with Crippen molar-refractivity contribution in [3.8, 4) is 0 Å². The molecule has 0 aliphatic carbocycles. The van der Waals surface area contributed by atoms with E-state index >= 15 is 0 Å². The minimum absolute atomic E-state index is 0.260. The van der Waals surface area contributed by atoms with Crippen LogP contribution in [-0.2, 0) is 13.5 Å². The first kappa shape index (κ1) is 14.4. The average molecular weight is 317 g/mol. The summed E-state index contributed by atoms with van der Waals surface area (Å²) in [6, 6.07) is 5.22. The van der Waals surface area contributed by atoms with E-state index in [0.717, 1.165) is 21.0 Å². The summed E-state index contributed by atoms with van der Waals surface area (Å²) >= 11 is 1.54. The molecule has 0 saturated heterocycles. The monoisotopic (exact) mass is 317 g/mol. The van der Waals surface area contributed by atoms with Gasteiger partial charge >= 0.3 is 6.03 Å². The molecule has 0 fully saturated rings. The molecule has 9 heteroatoms. The lowest BCUT2D eigenvalue weighted by molar-refractivity contribution is 0.252. The van der Waals surface area contributed by atoms with E-state index in [2.05, 4.69) is 31.1 Å². The zero-order chi connectivity index (χ0) is 15.5. The van der Waals surface area contributed by atoms with Crippen LogP contribution in [0.2, 0.25) is 0 Å². The Balaban J connectivity index is 1.54. The van der Waals surface area contributed by atoms with Crippen molar-refractivity contribution < 1.29 is 4.79 Å². The van der Waals surface area contributed by atoms with Crippen molar-refractivity contribution in [2.24, 2.45) is 7.05 Å². The molecule has 2 N–H and O–H groups in total. The summed E-state index contributed by atoms with van der Waals surface area (Å²) < 4.78 is 1.68. The van der Waals surface area contributed by atoms with Gasteiger partial charge in [0.2, 0.25) is 0 Å². The number of hydrogen-bond donors (Lipinski definition) is 2. The standard InChI is InChI=1S/C13H15N7OS/c1-8-16-18-12(22-8)5-6-14-13(21)15-9-3-4-11-10(7-9)17-19-20(11)2/h3-4,7H,5-6H2,1-2H3,(H2,14,15,21). The van der Waals surface area contributed by atoms with Gasteiger partial charge < -0.3 is 10.6 Å². The van der Waals surface area contributed by atoms with Crippen LogP contribution in [0.4, 0.5) is 10.5 Å². The number of fused-ring (bicyclic) bond motifs is 1. The summed E-state index contributed by atoms with van der Waals surface area (Å²) in [5, 5.41) is 23.3. The van der Waals surface area contributed by atoms with Crippen molar-refractivity contribution in [2.75, 3.05) is 11.9 Å². The fourth-order valence-corrected chi connectivity index (χ4v) is 2.72. The Morgan fingerprint density at radius 3 is 2.95 bits per heavy atom. The molecule has 2 aromatic heterocycles. The van der Waals surface area contributed by atoms with Gasteiger partial charge in [-0.2, -0.15) is 0 Å². The van der Waals surface area contributed by atoms with Crippen LogP contribution in [0.15, 0.2) is 18.2 Å². The van der Waals surface area contributed by atoms with E-state index in [-0.39, 0.29) is 6.03 Å². The van der Waals surface area contributed by atoms with E-state index in [0.29, 0.717) is 18.7 Å². The molecule has 0 aliphatic heterocycles. The number of nitrogens with one attached hydrogen (secondary N) is 2. The molecule has 0 radical (unpaired) electrons. The molecule has 0 unspecified atom stereocenters. The molecule has 0 bridgehead atoms. The number of amides is 2. The summed E-state index contributed by atoms with van der Waals surface area (Å²) in [7, 11) is 1.82. The van der Waals surface area contributed by atoms with Gasteiger partial charge in [0.25, 0.3) is 0 Å². The summed E-state index contributed by atoms with van der Waals surface area (Å²) in [6.45, 7) is 2.41. The number of aryl methyl sites for hydroxylation is 2. The number of carbonyl (C=O) groups is 1. The normalized spacial score (nSPS) is 10.8. The first-order valence-electron chi connectivity index (χ1n) is 6.75. The highest BCUT2D eigenvalue weighted by atomic mass is 32.1. The summed E-state index contributed by atoms with van der Waals surface area (Å²) in [5.74, 6) is 0. The van der Waals surface area contributed by atoms with E-state index in [4.69, 9.17) is 0 Å². The molecule has 2 amide bonds. The number of nitrogens with zero attached hydrogens (tertiary/aromatic N) is 5. The lowest BCUT2D eigenvalue weighted by Crippen LogP contribution is -2.30. The van der Waals surface area contributed by atoms with E-state index < -0.39 is 0 Å². The maximum atomic E-state index is 11.9. The van der Waals surface area contributed by atoms with E-state index in [1.165, 1.54) is 11.3 Å². The van der Waals surface area contributed by atoms with Crippen LogP contribution >= 0.6 is 11.3 Å². The maximum absolute atomic E-state index is 11.9. The molecule has 8 nitrogen and oxygen atoms in total. The van der Waals surface area contributed by atoms with Crippen LogP contribution in [0, 0.1) is 6.92 Å². The molecule has 0 saturated carbocycles. The average Bonchev–Trinajstić information content (AvgIpc) is 3.05. The first-order chi connectivity index (χ1) is 10.6. The van der Waals surface area contributed by atoms with Crippen LogP contribution in [0.1, 0.15) is 10.0 Å². The zero-order valence-electron chi connectivity index (χ0n) is 12.2. The van der Waals surface area contributed by atoms with Gasteiger partial charge in [-0.05, 0) is 25.1 Å². The third-order valence-corrected chi connectivity index (χ3v) is 3.96. The SMILES string of the molecule is Cc1nnc(CCNC(=O)Nc2ccc3c(c2)nnn3C)s1. The van der Waals surface area contributed by atoms with Crippen LogP contribution in [0.25, 0.3) is 11.0 Å². The Kier molecular flexibility index (Phi) is 3.96. The summed E-state index contributed by atoms with van der Waals surface area (Å²) in [6.07, 6.45) is 0.669. The third-order valence-electron chi connectivity index (χ3n) is 3.06. The molecule has 3 aromatic rings. The molecule has 2 heterocycles. The number of urea groups is 1. The first-order valence-corrected chi connectivity index (χ1v) is 7.57. The third kappa shape index (κ3) is 3.19. The minimum Gasteiger partial charge on any atom is -0.337 e. The molecular formula is C13H15N7OS. The molecule has 0 aliphatic rings. The number of hydrogen-bond acceptors (Lipinski definition) is 6. The van der Waals surface area contributed by atoms with Crippen LogP contribution in [0.5, 0.6) is 0 Å². The molecule has 0 atom stereocenters. The number of anilines is 1. The Bertz CT molecular complexity index is 810. The smallest absolute Gasteiger partial charge is 0.319 e. The van der Waals surface area contributed by atoms with E-state index in [9.17, 15) is 4.79 Å². The van der Waals surface area contributed by atoms with Crippen molar-refractivity contribution in [2.45, 2.75) is 13.3 Å². The topological polar surface area (TPSA) is 97.6 Å². The van der Waals surface area contributed by atoms with Gasteiger partial charge in [-0.3, -0.25) is 0 Å². The summed E-state index contributed by atoms with van der Waals surface area (Å²) in [5.41, 5.74) is 2.33. The fourth-order valence-electron chi connectivity index (χ4n) is 2.02. The summed E-state index contributed by atoms with van der Waals surface area (Å²) in [4.78, 5) is 11.9. The number of carbonyl (C=O) groups excluding carboxylic acids is 1. The van der Waals surface area contributed by atoms with Gasteiger partial charge in [-0.15, -0.1) is 26.6 Å². The van der Waals surface area contributed by atoms with Crippen molar-refractivity contribution in [3.05, 3.63) is 28.2 Å². The molecule has 0 spiro atoms. The second-order valence-corrected chi connectivity index (χ2v) is 6.03. The molecule has 114 valence electrons. The second kappa shape index (κ2) is 6.06. The van der Waals surface area contributed by atoms with Crippen molar-refractivity contribution in [3.63, 3.8) is 0 Å². The Morgan fingerprint density at radius 2 is 2.18 bits per heavy atom. The van der Waals surface area contributed by atoms with Gasteiger partial charge in [0.05, 0.1) is 5.52 Å². The van der Waals surface area contributed by atoms with Gasteiger partial charge in [-0.1, -0.05) is 5.21 Å². The highest BCUT2D eigenvalue weighted by Gasteiger charge is 2.06. The molecule has 3 rings (SSSR count). The zero-order valence-corrected chi connectivity index (χ0v) is 13.0. The Hall–Kier alpha value is -2.55. The predicted octanol–water partition coefficient (Wildman–Crippen LogP) is 1.49. The number of benzene rings is 1. The van der Waals surface area contributed by atoms with E-state index in [1.54, 1.807) is 10.7 Å². The Labute approximate surface area is 130 Å². The largest absolute Gasteiger partial charge is 0.337 e. The quantitative estimate of drug-likeness (QED) is 0.760. The molecular weight excluding hydrogens is 302 g/mol. The van der Waals surface area contributed by atoms with Crippen LogP contribution in [-0.4, -0.2) is 37.8 Å². The fraction of sp³-hybridized carbons (Fsp3) is 0.308. The second-order valence-electron chi connectivity index (χ2n) is 4.76. The maximum Gasteiger partial charge on any atom is 0.319 e. The van der Waals surface area contributed by atoms with Gasteiger partial charge in [0.15, 0.2) is 0 Å². The van der Waals surface area contributed by atoms with Crippen LogP contribution < -0.4 is 10.6 Å². The lowest BCUT2D eigenvalue weighted by Gasteiger charge is -2.06. The molecule has 1 aromatic carbocycles. The van der Waals surface area contributed by atoms with E-state index in [1.807, 2.05) is 26.1 Å².